The highest BCUT2D eigenvalue weighted by Gasteiger charge is 2.31. The maximum absolute atomic E-state index is 13.5. The maximum Gasteiger partial charge on any atom is 0.329 e. The quantitative estimate of drug-likeness (QED) is 0.602. The smallest absolute Gasteiger partial charge is 0.329 e. The van der Waals surface area contributed by atoms with Crippen LogP contribution in [0.1, 0.15) is 43.7 Å². The van der Waals surface area contributed by atoms with Gasteiger partial charge in [0.25, 0.3) is 0 Å². The van der Waals surface area contributed by atoms with Crippen LogP contribution >= 0.6 is 11.6 Å². The highest BCUT2D eigenvalue weighted by atomic mass is 35.5. The lowest BCUT2D eigenvalue weighted by molar-refractivity contribution is -0.137. The van der Waals surface area contributed by atoms with E-state index in [9.17, 15) is 14.7 Å². The Hall–Kier alpha value is -2.73. The van der Waals surface area contributed by atoms with E-state index in [1.807, 2.05) is 50.4 Å². The molecule has 1 aliphatic rings. The molecule has 158 valence electrons. The number of hydrogen-bond acceptors (Lipinski definition) is 3. The summed E-state index contributed by atoms with van der Waals surface area (Å²) in [6, 6.07) is 13.2. The van der Waals surface area contributed by atoms with E-state index in [1.54, 1.807) is 9.13 Å². The monoisotopic (exact) mass is 427 g/mol. The van der Waals surface area contributed by atoms with E-state index >= 15 is 0 Å². The van der Waals surface area contributed by atoms with Crippen LogP contribution in [-0.2, 0) is 11.3 Å². The van der Waals surface area contributed by atoms with Gasteiger partial charge in [-0.15, -0.1) is 0 Å². The van der Waals surface area contributed by atoms with Gasteiger partial charge in [0.1, 0.15) is 0 Å². The van der Waals surface area contributed by atoms with Crippen molar-refractivity contribution in [2.24, 2.45) is 0 Å². The van der Waals surface area contributed by atoms with E-state index in [0.717, 1.165) is 35.2 Å². The molecule has 2 unspecified atom stereocenters. The molecule has 2 atom stereocenters. The van der Waals surface area contributed by atoms with Gasteiger partial charge < -0.3 is 10.0 Å². The number of halogens is 1. The second-order valence-electron chi connectivity index (χ2n) is 8.04. The molecule has 0 fully saturated rings. The summed E-state index contributed by atoms with van der Waals surface area (Å²) in [5.74, 6) is -0.810. The number of fused-ring (bicyclic) bond motifs is 2. The van der Waals surface area contributed by atoms with Crippen LogP contribution in [0.4, 0.5) is 5.69 Å². The Morgan fingerprint density at radius 1 is 1.20 bits per heavy atom. The first-order chi connectivity index (χ1) is 14.4. The lowest BCUT2D eigenvalue weighted by atomic mass is 10.0. The van der Waals surface area contributed by atoms with Crippen molar-refractivity contribution in [3.8, 4) is 0 Å². The summed E-state index contributed by atoms with van der Waals surface area (Å²) in [5, 5.41) is 10.1. The zero-order chi connectivity index (χ0) is 21.4. The summed E-state index contributed by atoms with van der Waals surface area (Å²) < 4.78 is 3.47. The molecule has 1 aromatic heterocycles. The van der Waals surface area contributed by atoms with E-state index in [-0.39, 0.29) is 24.1 Å². The SMILES string of the molecule is CCCC(CC(=O)O)n1c(=O)n(CC2CN(C)c3cccc(Cl)c32)c2ccccc21. The van der Waals surface area contributed by atoms with Crippen LogP contribution in [0, 0.1) is 0 Å². The lowest BCUT2D eigenvalue weighted by Crippen LogP contribution is -2.30. The molecule has 0 saturated carbocycles. The summed E-state index contributed by atoms with van der Waals surface area (Å²) in [7, 11) is 2.03. The molecule has 0 radical (unpaired) electrons. The highest BCUT2D eigenvalue weighted by molar-refractivity contribution is 6.32. The molecular formula is C23H26ClN3O3. The second kappa shape index (κ2) is 8.19. The van der Waals surface area contributed by atoms with Crippen molar-refractivity contribution in [1.82, 2.24) is 9.13 Å². The number of benzene rings is 2. The van der Waals surface area contributed by atoms with E-state index in [2.05, 4.69) is 11.0 Å². The zero-order valence-electron chi connectivity index (χ0n) is 17.2. The first kappa shape index (κ1) is 20.5. The van der Waals surface area contributed by atoms with Gasteiger partial charge >= 0.3 is 11.7 Å². The predicted molar refractivity (Wildman–Crippen MR) is 120 cm³/mol. The Morgan fingerprint density at radius 2 is 1.93 bits per heavy atom. The van der Waals surface area contributed by atoms with Crippen molar-refractivity contribution >= 4 is 34.3 Å². The number of carboxylic acids is 1. The predicted octanol–water partition coefficient (Wildman–Crippen LogP) is 4.51. The molecule has 0 spiro atoms. The molecular weight excluding hydrogens is 402 g/mol. The van der Waals surface area contributed by atoms with E-state index in [1.165, 1.54) is 0 Å². The summed E-state index contributed by atoms with van der Waals surface area (Å²) in [6.07, 6.45) is 1.38. The van der Waals surface area contributed by atoms with E-state index in [0.29, 0.717) is 18.0 Å². The van der Waals surface area contributed by atoms with Gasteiger partial charge in [-0.3, -0.25) is 13.9 Å². The number of para-hydroxylation sites is 2. The number of hydrogen-bond donors (Lipinski definition) is 1. The third-order valence-electron chi connectivity index (χ3n) is 6.01. The number of carboxylic acid groups (broad SMARTS) is 1. The van der Waals surface area contributed by atoms with Gasteiger partial charge in [0.2, 0.25) is 0 Å². The number of rotatable bonds is 7. The highest BCUT2D eigenvalue weighted by Crippen LogP contribution is 2.41. The molecule has 0 aliphatic carbocycles. The molecule has 4 rings (SSSR count). The molecule has 0 amide bonds. The van der Waals surface area contributed by atoms with Crippen LogP contribution in [0.25, 0.3) is 11.0 Å². The lowest BCUT2D eigenvalue weighted by Gasteiger charge is -2.16. The molecule has 1 N–H and O–H groups in total. The van der Waals surface area contributed by atoms with Gasteiger partial charge in [-0.1, -0.05) is 43.1 Å². The molecule has 2 aromatic carbocycles. The number of anilines is 1. The van der Waals surface area contributed by atoms with Gasteiger partial charge in [0, 0.05) is 48.4 Å². The number of likely N-dealkylation sites (N-methyl/N-ethyl adjacent to an activating group) is 1. The van der Waals surface area contributed by atoms with Crippen molar-refractivity contribution in [3.63, 3.8) is 0 Å². The van der Waals surface area contributed by atoms with Gasteiger partial charge in [0.15, 0.2) is 0 Å². The minimum atomic E-state index is -0.893. The zero-order valence-corrected chi connectivity index (χ0v) is 18.0. The van der Waals surface area contributed by atoms with E-state index in [4.69, 9.17) is 11.6 Å². The van der Waals surface area contributed by atoms with Gasteiger partial charge in [-0.05, 0) is 30.7 Å². The maximum atomic E-state index is 13.5. The summed E-state index contributed by atoms with van der Waals surface area (Å²) in [5.41, 5.74) is 3.63. The minimum absolute atomic E-state index is 0.0669. The minimum Gasteiger partial charge on any atom is -0.481 e. The third-order valence-corrected chi connectivity index (χ3v) is 6.34. The number of carbonyl (C=O) groups is 1. The molecule has 7 heteroatoms. The Balaban J connectivity index is 1.81. The van der Waals surface area contributed by atoms with Crippen LogP contribution < -0.4 is 10.6 Å². The molecule has 30 heavy (non-hydrogen) atoms. The van der Waals surface area contributed by atoms with Crippen LogP contribution in [-0.4, -0.2) is 33.8 Å². The molecule has 3 aromatic rings. The van der Waals surface area contributed by atoms with Crippen molar-refractivity contribution in [2.45, 2.75) is 44.7 Å². The fourth-order valence-corrected chi connectivity index (χ4v) is 5.09. The fourth-order valence-electron chi connectivity index (χ4n) is 4.77. The molecule has 1 aliphatic heterocycles. The van der Waals surface area contributed by atoms with Crippen molar-refractivity contribution in [2.75, 3.05) is 18.5 Å². The summed E-state index contributed by atoms with van der Waals surface area (Å²) in [4.78, 5) is 27.2. The average Bonchev–Trinajstić information content (AvgIpc) is 3.17. The molecule has 0 saturated heterocycles. The van der Waals surface area contributed by atoms with Crippen LogP contribution in [0.15, 0.2) is 47.3 Å². The normalized spacial score (nSPS) is 16.8. The standard InChI is InChI=1S/C23H26ClN3O3/c1-3-7-16(12-21(28)29)27-19-10-5-4-9-18(19)26(23(27)30)14-15-13-25(2)20-11-6-8-17(24)22(15)20/h4-6,8-11,15-16H,3,7,12-14H2,1-2H3,(H,28,29). The Bertz CT molecular complexity index is 1150. The molecule has 0 bridgehead atoms. The van der Waals surface area contributed by atoms with Crippen molar-refractivity contribution in [3.05, 3.63) is 63.5 Å². The number of aromatic nitrogens is 2. The summed E-state index contributed by atoms with van der Waals surface area (Å²) in [6.45, 7) is 3.28. The van der Waals surface area contributed by atoms with Gasteiger partial charge in [-0.25, -0.2) is 4.79 Å². The average molecular weight is 428 g/mol. The third kappa shape index (κ3) is 3.49. The van der Waals surface area contributed by atoms with Crippen molar-refractivity contribution in [1.29, 1.82) is 0 Å². The Labute approximate surface area is 180 Å². The molecule has 2 heterocycles. The topological polar surface area (TPSA) is 67.5 Å². The van der Waals surface area contributed by atoms with Gasteiger partial charge in [0.05, 0.1) is 17.5 Å². The Morgan fingerprint density at radius 3 is 2.63 bits per heavy atom. The van der Waals surface area contributed by atoms with Crippen molar-refractivity contribution < 1.29 is 9.90 Å². The van der Waals surface area contributed by atoms with Crippen LogP contribution in [0.2, 0.25) is 5.02 Å². The van der Waals surface area contributed by atoms with Crippen LogP contribution in [0.5, 0.6) is 0 Å². The molecule has 6 nitrogen and oxygen atoms in total. The van der Waals surface area contributed by atoms with E-state index < -0.39 is 5.97 Å². The van der Waals surface area contributed by atoms with Gasteiger partial charge in [-0.2, -0.15) is 0 Å². The number of imidazole rings is 1. The first-order valence-corrected chi connectivity index (χ1v) is 10.7. The summed E-state index contributed by atoms with van der Waals surface area (Å²) >= 11 is 6.52. The van der Waals surface area contributed by atoms with Crippen LogP contribution in [0.3, 0.4) is 0 Å². The first-order valence-electron chi connectivity index (χ1n) is 10.3. The number of aliphatic carboxylic acids is 1. The fraction of sp³-hybridized carbons (Fsp3) is 0.391. The largest absolute Gasteiger partial charge is 0.481 e. The number of nitrogens with zero attached hydrogens (tertiary/aromatic N) is 3. The second-order valence-corrected chi connectivity index (χ2v) is 8.45. The Kier molecular flexibility index (Phi) is 5.60.